The minimum atomic E-state index is -4.44. The SMILES string of the molecule is C=C[C@@H]1C[C@@]12NC(=O)[C@@H]1C[C@@H](OC(=O)N3Cc4cccc(F)c4C3)CN1C(=O)[C@@H](NC(=O)OC1CCCC1)COCCCCCNc1ccccc1S(=O)(=O)NC2=O. The van der Waals surface area contributed by atoms with E-state index in [1.54, 1.807) is 24.3 Å². The molecular weight excluding hydrogens is 776 g/mol. The number of anilines is 1. The number of sulfonamides is 1. The number of benzene rings is 2. The molecule has 3 aliphatic heterocycles. The Balaban J connectivity index is 1.16. The first kappa shape index (κ1) is 40.9. The van der Waals surface area contributed by atoms with Gasteiger partial charge in [0.15, 0.2) is 0 Å². The molecule has 1 saturated heterocycles. The second-order valence-electron chi connectivity index (χ2n) is 15.5. The number of amides is 5. The zero-order chi connectivity index (χ0) is 41.0. The van der Waals surface area contributed by atoms with Gasteiger partial charge >= 0.3 is 12.2 Å². The average Bonchev–Trinajstić information content (AvgIpc) is 3.59. The molecule has 312 valence electrons. The standard InChI is InChI=1S/C40H49FN6O10S/c1-2-26-20-40(26)37(50)45-58(53,54)34-16-7-6-15-31(34)42-17-8-3-9-18-55-24-32(43-38(51)56-27-12-4-5-13-27)36(49)47-22-28(19-33(47)35(48)44-40)57-39(52)46-21-25-11-10-14-30(41)29(25)23-46/h2,6-7,10-11,14-16,26-28,32-33,42H,1,3-5,8-9,12-13,17-24H2,(H,43,51)(H,44,48)(H,45,50)/t26-,28-,32+,33+,40-/m1/s1. The Kier molecular flexibility index (Phi) is 12.2. The number of hydrogen-bond donors (Lipinski definition) is 4. The zero-order valence-corrected chi connectivity index (χ0v) is 32.9. The number of nitrogens with one attached hydrogen (secondary N) is 4. The molecule has 5 atom stereocenters. The van der Waals surface area contributed by atoms with Crippen molar-refractivity contribution in [2.24, 2.45) is 5.92 Å². The van der Waals surface area contributed by atoms with Crippen LogP contribution in [0.4, 0.5) is 19.7 Å². The third-order valence-corrected chi connectivity index (χ3v) is 12.9. The number of rotatable bonds is 4. The minimum Gasteiger partial charge on any atom is -0.446 e. The first-order valence-corrected chi connectivity index (χ1v) is 21.3. The molecule has 0 unspecified atom stereocenters. The van der Waals surface area contributed by atoms with E-state index in [2.05, 4.69) is 27.3 Å². The van der Waals surface area contributed by atoms with E-state index in [-0.39, 0.29) is 56.7 Å². The van der Waals surface area contributed by atoms with Gasteiger partial charge in [-0.05, 0) is 75.1 Å². The number of alkyl carbamates (subject to hydrolysis) is 1. The van der Waals surface area contributed by atoms with Crippen molar-refractivity contribution in [1.82, 2.24) is 25.2 Å². The molecule has 3 fully saturated rings. The van der Waals surface area contributed by atoms with Crippen molar-refractivity contribution in [1.29, 1.82) is 0 Å². The normalized spacial score (nSPS) is 27.9. The molecule has 58 heavy (non-hydrogen) atoms. The van der Waals surface area contributed by atoms with Gasteiger partial charge in [-0.15, -0.1) is 6.58 Å². The van der Waals surface area contributed by atoms with Gasteiger partial charge in [0.2, 0.25) is 11.8 Å². The highest BCUT2D eigenvalue weighted by Crippen LogP contribution is 2.45. The predicted molar refractivity (Wildman–Crippen MR) is 206 cm³/mol. The van der Waals surface area contributed by atoms with Gasteiger partial charge in [0.25, 0.3) is 15.9 Å². The summed E-state index contributed by atoms with van der Waals surface area (Å²) in [7, 11) is -4.44. The van der Waals surface area contributed by atoms with Crippen molar-refractivity contribution < 1.29 is 51.0 Å². The lowest BCUT2D eigenvalue weighted by atomic mass is 10.1. The smallest absolute Gasteiger partial charge is 0.410 e. The summed E-state index contributed by atoms with van der Waals surface area (Å²) in [6.45, 7) is 3.96. The van der Waals surface area contributed by atoms with Crippen molar-refractivity contribution in [3.8, 4) is 0 Å². The maximum Gasteiger partial charge on any atom is 0.410 e. The van der Waals surface area contributed by atoms with Crippen molar-refractivity contribution in [3.63, 3.8) is 0 Å². The van der Waals surface area contributed by atoms with Crippen LogP contribution in [0.25, 0.3) is 0 Å². The molecule has 18 heteroatoms. The van der Waals surface area contributed by atoms with Crippen molar-refractivity contribution in [2.45, 2.75) is 106 Å². The first-order chi connectivity index (χ1) is 27.9. The molecule has 2 aliphatic carbocycles. The van der Waals surface area contributed by atoms with Crippen LogP contribution in [0.15, 0.2) is 60.0 Å². The Morgan fingerprint density at radius 2 is 1.78 bits per heavy atom. The Hall–Kier alpha value is -5.23. The van der Waals surface area contributed by atoms with Gasteiger partial charge in [-0.25, -0.2) is 27.1 Å². The van der Waals surface area contributed by atoms with E-state index in [1.807, 2.05) is 0 Å². The van der Waals surface area contributed by atoms with Crippen molar-refractivity contribution >= 4 is 45.6 Å². The van der Waals surface area contributed by atoms with Gasteiger partial charge in [-0.1, -0.05) is 30.3 Å². The molecule has 5 amide bonds. The average molecular weight is 825 g/mol. The molecule has 0 radical (unpaired) electrons. The van der Waals surface area contributed by atoms with Gasteiger partial charge in [-0.2, -0.15) is 0 Å². The van der Waals surface area contributed by atoms with E-state index in [1.165, 1.54) is 34.1 Å². The fraction of sp³-hybridized carbons (Fsp3) is 0.525. The van der Waals surface area contributed by atoms with Gasteiger partial charge < -0.3 is 35.1 Å². The Morgan fingerprint density at radius 1 is 0.983 bits per heavy atom. The van der Waals surface area contributed by atoms with E-state index in [0.717, 1.165) is 12.8 Å². The van der Waals surface area contributed by atoms with E-state index in [0.29, 0.717) is 55.5 Å². The molecule has 0 bridgehead atoms. The maximum absolute atomic E-state index is 14.5. The highest BCUT2D eigenvalue weighted by Gasteiger charge is 2.61. The quantitative estimate of drug-likeness (QED) is 0.329. The molecule has 0 aromatic heterocycles. The largest absolute Gasteiger partial charge is 0.446 e. The molecule has 2 aromatic carbocycles. The molecule has 16 nitrogen and oxygen atoms in total. The van der Waals surface area contributed by atoms with Crippen LogP contribution in [-0.2, 0) is 51.7 Å². The molecule has 5 aliphatic rings. The van der Waals surface area contributed by atoms with Crippen LogP contribution in [0.1, 0.15) is 68.9 Å². The summed E-state index contributed by atoms with van der Waals surface area (Å²) < 4.78 is 61.3. The number of nitrogens with zero attached hydrogens (tertiary/aromatic N) is 2. The summed E-state index contributed by atoms with van der Waals surface area (Å²) in [5.41, 5.74) is -0.435. The monoisotopic (exact) mass is 824 g/mol. The van der Waals surface area contributed by atoms with Gasteiger partial charge in [0.1, 0.15) is 40.5 Å². The van der Waals surface area contributed by atoms with Gasteiger partial charge in [0.05, 0.1) is 25.4 Å². The Labute approximate surface area is 336 Å². The van der Waals surface area contributed by atoms with Crippen LogP contribution in [0, 0.1) is 11.7 Å². The second kappa shape index (κ2) is 17.3. The minimum absolute atomic E-state index is 0.0275. The lowest BCUT2D eigenvalue weighted by Gasteiger charge is -2.30. The number of carbonyl (C=O) groups excluding carboxylic acids is 5. The molecule has 7 rings (SSSR count). The highest BCUT2D eigenvalue weighted by molar-refractivity contribution is 7.90. The topological polar surface area (TPSA) is 202 Å². The number of hydrogen-bond acceptors (Lipinski definition) is 11. The van der Waals surface area contributed by atoms with Crippen LogP contribution in [0.3, 0.4) is 0 Å². The highest BCUT2D eigenvalue weighted by atomic mass is 32.2. The molecular formula is C40H49FN6O10S. The first-order valence-electron chi connectivity index (χ1n) is 19.8. The summed E-state index contributed by atoms with van der Waals surface area (Å²) in [5, 5.41) is 8.47. The number of ether oxygens (including phenoxy) is 3. The fourth-order valence-electron chi connectivity index (χ4n) is 8.19. The molecule has 1 spiro atoms. The lowest BCUT2D eigenvalue weighted by molar-refractivity contribution is -0.142. The van der Waals surface area contributed by atoms with Crippen LogP contribution in [0.5, 0.6) is 0 Å². The van der Waals surface area contributed by atoms with Crippen LogP contribution in [-0.4, -0.2) is 104 Å². The maximum atomic E-state index is 14.5. The Morgan fingerprint density at radius 3 is 2.53 bits per heavy atom. The third kappa shape index (κ3) is 8.92. The van der Waals surface area contributed by atoms with Crippen molar-refractivity contribution in [2.75, 3.05) is 31.6 Å². The predicted octanol–water partition coefficient (Wildman–Crippen LogP) is 3.46. The second-order valence-corrected chi connectivity index (χ2v) is 17.1. The summed E-state index contributed by atoms with van der Waals surface area (Å²) in [5.74, 6) is -3.62. The van der Waals surface area contributed by atoms with Crippen molar-refractivity contribution in [3.05, 3.63) is 72.1 Å². The summed E-state index contributed by atoms with van der Waals surface area (Å²) in [6.07, 6.45) is 3.44. The van der Waals surface area contributed by atoms with Crippen LogP contribution >= 0.6 is 0 Å². The fourth-order valence-corrected chi connectivity index (χ4v) is 9.42. The molecule has 3 heterocycles. The van der Waals surface area contributed by atoms with E-state index in [4.69, 9.17) is 14.2 Å². The number of carbonyl (C=O) groups is 5. The number of halogens is 1. The summed E-state index contributed by atoms with van der Waals surface area (Å²) in [4.78, 5) is 71.7. The third-order valence-electron chi connectivity index (χ3n) is 11.5. The number of fused-ring (bicyclic) bond motifs is 3. The molecule has 2 aromatic rings. The van der Waals surface area contributed by atoms with Gasteiger partial charge in [0, 0.05) is 37.6 Å². The zero-order valence-electron chi connectivity index (χ0n) is 32.1. The summed E-state index contributed by atoms with van der Waals surface area (Å²) in [6, 6.07) is 8.10. The molecule has 4 N–H and O–H groups in total. The van der Waals surface area contributed by atoms with E-state index < -0.39 is 75.4 Å². The number of para-hydroxylation sites is 1. The summed E-state index contributed by atoms with van der Waals surface area (Å²) >= 11 is 0. The molecule has 2 saturated carbocycles. The Bertz CT molecular complexity index is 2050. The van der Waals surface area contributed by atoms with Crippen LogP contribution < -0.4 is 20.7 Å². The lowest BCUT2D eigenvalue weighted by Crippen LogP contribution is -2.58. The van der Waals surface area contributed by atoms with E-state index in [9.17, 15) is 36.8 Å². The van der Waals surface area contributed by atoms with E-state index >= 15 is 0 Å². The van der Waals surface area contributed by atoms with Gasteiger partial charge in [-0.3, -0.25) is 19.3 Å². The van der Waals surface area contributed by atoms with Crippen LogP contribution in [0.2, 0.25) is 0 Å².